The van der Waals surface area contributed by atoms with E-state index in [2.05, 4.69) is 27.7 Å². The van der Waals surface area contributed by atoms with E-state index in [4.69, 9.17) is 4.74 Å². The number of rotatable bonds is 4. The van der Waals surface area contributed by atoms with Crippen molar-refractivity contribution in [1.82, 2.24) is 10.2 Å². The fourth-order valence-electron chi connectivity index (χ4n) is 3.49. The van der Waals surface area contributed by atoms with E-state index in [1.54, 1.807) is 0 Å². The molecule has 0 bridgehead atoms. The Balaban J connectivity index is 0.00000169. The molecule has 2 N–H and O–H groups in total. The number of amides is 1. The highest BCUT2D eigenvalue weighted by atomic mass is 35.5. The molecule has 1 aromatic rings. The van der Waals surface area contributed by atoms with E-state index >= 15 is 0 Å². The van der Waals surface area contributed by atoms with Gasteiger partial charge in [-0.3, -0.25) is 9.69 Å². The molecule has 7 heteroatoms. The molecular formula is C19H31Cl2N3O2. The molecule has 2 fully saturated rings. The Morgan fingerprint density at radius 2 is 1.81 bits per heavy atom. The number of morpholine rings is 1. The lowest BCUT2D eigenvalue weighted by Crippen LogP contribution is -2.53. The Bertz CT molecular complexity index is 534. The van der Waals surface area contributed by atoms with Crippen LogP contribution in [0, 0.1) is 0 Å². The van der Waals surface area contributed by atoms with E-state index in [9.17, 15) is 4.79 Å². The summed E-state index contributed by atoms with van der Waals surface area (Å²) in [7, 11) is 0. The molecule has 0 spiro atoms. The summed E-state index contributed by atoms with van der Waals surface area (Å²) in [6, 6.07) is 7.96. The average Bonchev–Trinajstić information content (AvgIpc) is 2.86. The van der Waals surface area contributed by atoms with Crippen molar-refractivity contribution in [3.05, 3.63) is 29.8 Å². The zero-order valence-electron chi connectivity index (χ0n) is 15.4. The lowest BCUT2D eigenvalue weighted by molar-refractivity contribution is -0.123. The van der Waals surface area contributed by atoms with Crippen molar-refractivity contribution in [1.29, 1.82) is 0 Å². The Morgan fingerprint density at radius 1 is 1.15 bits per heavy atom. The van der Waals surface area contributed by atoms with Crippen molar-refractivity contribution in [3.63, 3.8) is 0 Å². The van der Waals surface area contributed by atoms with Crippen molar-refractivity contribution < 1.29 is 9.53 Å². The van der Waals surface area contributed by atoms with Gasteiger partial charge in [0.25, 0.3) is 0 Å². The molecule has 2 heterocycles. The molecule has 1 amide bonds. The number of ether oxygens (including phenoxy) is 1. The van der Waals surface area contributed by atoms with Crippen molar-refractivity contribution in [2.45, 2.75) is 51.3 Å². The van der Waals surface area contributed by atoms with Gasteiger partial charge in [0.1, 0.15) is 6.04 Å². The van der Waals surface area contributed by atoms with Gasteiger partial charge in [-0.15, -0.1) is 24.8 Å². The van der Waals surface area contributed by atoms with Gasteiger partial charge in [0.2, 0.25) is 5.91 Å². The summed E-state index contributed by atoms with van der Waals surface area (Å²) in [5.74, 6) is -0.0255. The molecule has 0 unspecified atom stereocenters. The van der Waals surface area contributed by atoms with Crippen LogP contribution in [0.2, 0.25) is 0 Å². The summed E-state index contributed by atoms with van der Waals surface area (Å²) in [4.78, 5) is 14.9. The smallest absolute Gasteiger partial charge is 0.244 e. The molecule has 0 radical (unpaired) electrons. The highest BCUT2D eigenvalue weighted by Gasteiger charge is 2.28. The molecule has 3 rings (SSSR count). The maximum Gasteiger partial charge on any atom is 0.244 e. The molecule has 5 nitrogen and oxygen atoms in total. The molecule has 2 saturated heterocycles. The minimum atomic E-state index is -0.282. The van der Waals surface area contributed by atoms with Gasteiger partial charge in [-0.1, -0.05) is 25.0 Å². The summed E-state index contributed by atoms with van der Waals surface area (Å²) in [6.45, 7) is 6.71. The predicted octanol–water partition coefficient (Wildman–Crippen LogP) is 3.22. The summed E-state index contributed by atoms with van der Waals surface area (Å²) in [6.07, 6.45) is 5.24. The van der Waals surface area contributed by atoms with Crippen LogP contribution in [0.4, 0.5) is 5.69 Å². The number of hydrogen-bond donors (Lipinski definition) is 2. The second kappa shape index (κ2) is 11.8. The first-order chi connectivity index (χ1) is 11.7. The number of benzene rings is 1. The van der Waals surface area contributed by atoms with E-state index in [0.717, 1.165) is 18.8 Å². The SMILES string of the molecule is C[C@H]1OCCN[C@@H]1C(=O)Nc1ccc(CN2CCCCCC2)cc1.Cl.Cl. The maximum absolute atomic E-state index is 12.4. The molecule has 0 aromatic heterocycles. The fourth-order valence-corrected chi connectivity index (χ4v) is 3.49. The lowest BCUT2D eigenvalue weighted by atomic mass is 10.1. The largest absolute Gasteiger partial charge is 0.375 e. The first-order valence-electron chi connectivity index (χ1n) is 9.19. The van der Waals surface area contributed by atoms with Crippen molar-refractivity contribution in [3.8, 4) is 0 Å². The average molecular weight is 404 g/mol. The number of anilines is 1. The van der Waals surface area contributed by atoms with Crippen LogP contribution in [0.15, 0.2) is 24.3 Å². The molecule has 2 aliphatic heterocycles. The number of carbonyl (C=O) groups is 1. The van der Waals surface area contributed by atoms with E-state index in [0.29, 0.717) is 6.61 Å². The maximum atomic E-state index is 12.4. The van der Waals surface area contributed by atoms with Gasteiger partial charge in [-0.25, -0.2) is 0 Å². The number of halogens is 2. The van der Waals surface area contributed by atoms with Crippen molar-refractivity contribution in [2.75, 3.05) is 31.6 Å². The first-order valence-corrected chi connectivity index (χ1v) is 9.19. The van der Waals surface area contributed by atoms with Gasteiger partial charge in [0.15, 0.2) is 0 Å². The van der Waals surface area contributed by atoms with Crippen LogP contribution in [0.3, 0.4) is 0 Å². The topological polar surface area (TPSA) is 53.6 Å². The first kappa shape index (κ1) is 23.2. The number of hydrogen-bond acceptors (Lipinski definition) is 4. The number of nitrogens with one attached hydrogen (secondary N) is 2. The molecule has 0 aliphatic carbocycles. The second-order valence-electron chi connectivity index (χ2n) is 6.88. The van der Waals surface area contributed by atoms with Crippen molar-refractivity contribution in [2.24, 2.45) is 0 Å². The van der Waals surface area contributed by atoms with Gasteiger partial charge in [-0.05, 0) is 50.6 Å². The molecule has 26 heavy (non-hydrogen) atoms. The van der Waals surface area contributed by atoms with Gasteiger partial charge >= 0.3 is 0 Å². The van der Waals surface area contributed by atoms with Crippen LogP contribution >= 0.6 is 24.8 Å². The van der Waals surface area contributed by atoms with E-state index in [1.165, 1.54) is 44.3 Å². The lowest BCUT2D eigenvalue weighted by Gasteiger charge is -2.29. The predicted molar refractivity (Wildman–Crippen MR) is 111 cm³/mol. The van der Waals surface area contributed by atoms with Gasteiger partial charge in [0.05, 0.1) is 12.7 Å². The van der Waals surface area contributed by atoms with E-state index < -0.39 is 0 Å². The Kier molecular flexibility index (Phi) is 10.5. The highest BCUT2D eigenvalue weighted by Crippen LogP contribution is 2.16. The van der Waals surface area contributed by atoms with Crippen LogP contribution in [0.25, 0.3) is 0 Å². The van der Waals surface area contributed by atoms with Crippen LogP contribution in [-0.2, 0) is 16.1 Å². The quantitative estimate of drug-likeness (QED) is 0.809. The van der Waals surface area contributed by atoms with Crippen LogP contribution in [0.5, 0.6) is 0 Å². The van der Waals surface area contributed by atoms with Gasteiger partial charge in [0, 0.05) is 18.8 Å². The number of nitrogens with zero attached hydrogens (tertiary/aromatic N) is 1. The summed E-state index contributed by atoms with van der Waals surface area (Å²) in [5, 5.41) is 6.20. The second-order valence-corrected chi connectivity index (χ2v) is 6.88. The summed E-state index contributed by atoms with van der Waals surface area (Å²) in [5.41, 5.74) is 2.15. The molecule has 0 saturated carbocycles. The van der Waals surface area contributed by atoms with Crippen molar-refractivity contribution >= 4 is 36.4 Å². The number of carbonyl (C=O) groups excluding carboxylic acids is 1. The zero-order valence-corrected chi connectivity index (χ0v) is 17.0. The third kappa shape index (κ3) is 6.71. The highest BCUT2D eigenvalue weighted by molar-refractivity contribution is 5.95. The van der Waals surface area contributed by atoms with Crippen LogP contribution in [0.1, 0.15) is 38.2 Å². The fraction of sp³-hybridized carbons (Fsp3) is 0.632. The number of likely N-dealkylation sites (tertiary alicyclic amines) is 1. The Morgan fingerprint density at radius 3 is 2.42 bits per heavy atom. The zero-order chi connectivity index (χ0) is 16.8. The monoisotopic (exact) mass is 403 g/mol. The Hall–Kier alpha value is -0.850. The van der Waals surface area contributed by atoms with E-state index in [-0.39, 0.29) is 42.9 Å². The van der Waals surface area contributed by atoms with Gasteiger partial charge < -0.3 is 15.4 Å². The van der Waals surface area contributed by atoms with Gasteiger partial charge in [-0.2, -0.15) is 0 Å². The molecule has 2 atom stereocenters. The standard InChI is InChI=1S/C19H29N3O2.2ClH/c1-15-18(20-10-13-24-15)19(23)21-17-8-6-16(7-9-17)14-22-11-4-2-3-5-12-22;;/h6-9,15,18,20H,2-5,10-14H2,1H3,(H,21,23);2*1H/t15-,18+;;/m1../s1. The third-order valence-corrected chi connectivity index (χ3v) is 4.93. The third-order valence-electron chi connectivity index (χ3n) is 4.93. The molecule has 2 aliphatic rings. The summed E-state index contributed by atoms with van der Waals surface area (Å²) < 4.78 is 5.53. The molecule has 1 aromatic carbocycles. The minimum Gasteiger partial charge on any atom is -0.375 e. The Labute approximate surface area is 169 Å². The van der Waals surface area contributed by atoms with E-state index in [1.807, 2.05) is 19.1 Å². The van der Waals surface area contributed by atoms with Crippen LogP contribution in [-0.4, -0.2) is 49.2 Å². The van der Waals surface area contributed by atoms with Crippen LogP contribution < -0.4 is 10.6 Å². The minimum absolute atomic E-state index is 0. The normalized spacial score (nSPS) is 23.9. The molecule has 148 valence electrons. The summed E-state index contributed by atoms with van der Waals surface area (Å²) >= 11 is 0. The molecular weight excluding hydrogens is 373 g/mol.